The average Bonchev–Trinajstić information content (AvgIpc) is 3.25. The lowest BCUT2D eigenvalue weighted by Crippen LogP contribution is -2.39. The number of carbonyl (C=O) groups excluding carboxylic acids is 1. The van der Waals surface area contributed by atoms with Crippen LogP contribution >= 0.6 is 0 Å². The third-order valence-corrected chi connectivity index (χ3v) is 5.74. The van der Waals surface area contributed by atoms with E-state index in [1.165, 1.54) is 24.0 Å². The number of carbonyl (C=O) groups is 1. The number of aromatic nitrogens is 2. The number of fused-ring (bicyclic) bond motifs is 1. The number of aryl methyl sites for hydroxylation is 3. The molecule has 0 fully saturated rings. The predicted octanol–water partition coefficient (Wildman–Crippen LogP) is 4.74. The summed E-state index contributed by atoms with van der Waals surface area (Å²) in [5, 5.41) is 4.06. The fraction of sp³-hybridized carbons (Fsp3) is 0.400. The normalized spacial score (nSPS) is 14.0. The molecule has 1 heterocycles. The van der Waals surface area contributed by atoms with Crippen molar-refractivity contribution in [3.63, 3.8) is 0 Å². The minimum Gasteiger partial charge on any atom is -0.481 e. The van der Waals surface area contributed by atoms with Crippen molar-refractivity contribution in [2.45, 2.75) is 58.6 Å². The highest BCUT2D eigenvalue weighted by molar-refractivity contribution is 5.81. The van der Waals surface area contributed by atoms with E-state index in [0.717, 1.165) is 29.7 Å². The standard InChI is InChI=1S/C25H29N3O3/c1-4-22(30-21-13-12-18-9-5-6-10-19(18)15-21)25(29)28(3)16-23-26-24(27-31-23)20-11-7-8-17(2)14-20/h7-8,11-15,22H,4-6,9-10,16H2,1-3H3/t22-/m1/s1. The lowest BCUT2D eigenvalue weighted by molar-refractivity contribution is -0.138. The van der Waals surface area contributed by atoms with E-state index in [0.29, 0.717) is 18.1 Å². The number of likely N-dealkylation sites (N-methyl/N-ethyl adjacent to an activating group) is 1. The fourth-order valence-corrected chi connectivity index (χ4v) is 4.00. The smallest absolute Gasteiger partial charge is 0.263 e. The van der Waals surface area contributed by atoms with E-state index in [1.807, 2.05) is 44.2 Å². The van der Waals surface area contributed by atoms with Gasteiger partial charge < -0.3 is 14.2 Å². The minimum absolute atomic E-state index is 0.101. The van der Waals surface area contributed by atoms with Crippen LogP contribution in [0.25, 0.3) is 11.4 Å². The number of benzene rings is 2. The maximum Gasteiger partial charge on any atom is 0.263 e. The fourth-order valence-electron chi connectivity index (χ4n) is 4.00. The Balaban J connectivity index is 1.41. The van der Waals surface area contributed by atoms with Gasteiger partial charge in [0.15, 0.2) is 6.10 Å². The first kappa shape index (κ1) is 21.1. The molecule has 0 spiro atoms. The zero-order chi connectivity index (χ0) is 21.8. The number of hydrogen-bond acceptors (Lipinski definition) is 5. The van der Waals surface area contributed by atoms with Crippen molar-refractivity contribution >= 4 is 5.91 Å². The number of amides is 1. The Kier molecular flexibility index (Phi) is 6.35. The van der Waals surface area contributed by atoms with Gasteiger partial charge in [-0.15, -0.1) is 0 Å². The summed E-state index contributed by atoms with van der Waals surface area (Å²) in [6, 6.07) is 14.1. The van der Waals surface area contributed by atoms with Gasteiger partial charge in [-0.3, -0.25) is 4.79 Å². The van der Waals surface area contributed by atoms with Gasteiger partial charge in [0.1, 0.15) is 5.75 Å². The number of rotatable bonds is 7. The topological polar surface area (TPSA) is 68.5 Å². The van der Waals surface area contributed by atoms with Crippen LogP contribution in [-0.4, -0.2) is 34.1 Å². The lowest BCUT2D eigenvalue weighted by Gasteiger charge is -2.24. The summed E-state index contributed by atoms with van der Waals surface area (Å²) in [6.45, 7) is 4.21. The van der Waals surface area contributed by atoms with E-state index in [2.05, 4.69) is 22.3 Å². The molecule has 0 aliphatic heterocycles. The molecule has 6 heteroatoms. The SMILES string of the molecule is CC[C@@H](Oc1ccc2c(c1)CCCC2)C(=O)N(C)Cc1nc(-c2cccc(C)c2)no1. The third-order valence-electron chi connectivity index (χ3n) is 5.74. The van der Waals surface area contributed by atoms with Gasteiger partial charge in [0.25, 0.3) is 5.91 Å². The van der Waals surface area contributed by atoms with Crippen molar-refractivity contribution in [3.05, 3.63) is 65.0 Å². The van der Waals surface area contributed by atoms with Gasteiger partial charge in [0, 0.05) is 12.6 Å². The Morgan fingerprint density at radius 3 is 2.74 bits per heavy atom. The second-order valence-corrected chi connectivity index (χ2v) is 8.23. The van der Waals surface area contributed by atoms with Crippen molar-refractivity contribution in [2.75, 3.05) is 7.05 Å². The Hall–Kier alpha value is -3.15. The number of nitrogens with zero attached hydrogens (tertiary/aromatic N) is 3. The summed E-state index contributed by atoms with van der Waals surface area (Å²) in [5.74, 6) is 1.58. The first-order chi connectivity index (χ1) is 15.0. The van der Waals surface area contributed by atoms with Gasteiger partial charge in [-0.2, -0.15) is 4.98 Å². The zero-order valence-corrected chi connectivity index (χ0v) is 18.4. The molecule has 0 radical (unpaired) electrons. The molecule has 31 heavy (non-hydrogen) atoms. The van der Waals surface area contributed by atoms with Crippen molar-refractivity contribution in [1.82, 2.24) is 15.0 Å². The molecule has 4 rings (SSSR count). The summed E-state index contributed by atoms with van der Waals surface area (Å²) < 4.78 is 11.5. The van der Waals surface area contributed by atoms with Gasteiger partial charge in [0.05, 0.1) is 6.54 Å². The van der Waals surface area contributed by atoms with E-state index in [-0.39, 0.29) is 12.5 Å². The molecule has 1 aliphatic rings. The second kappa shape index (κ2) is 9.33. The average molecular weight is 420 g/mol. The van der Waals surface area contributed by atoms with Crippen LogP contribution in [0.4, 0.5) is 0 Å². The van der Waals surface area contributed by atoms with Gasteiger partial charge >= 0.3 is 0 Å². The highest BCUT2D eigenvalue weighted by Crippen LogP contribution is 2.26. The summed E-state index contributed by atoms with van der Waals surface area (Å²) in [7, 11) is 1.73. The van der Waals surface area contributed by atoms with Crippen molar-refractivity contribution < 1.29 is 14.1 Å². The molecule has 162 valence electrons. The largest absolute Gasteiger partial charge is 0.481 e. The van der Waals surface area contributed by atoms with Gasteiger partial charge in [-0.25, -0.2) is 0 Å². The van der Waals surface area contributed by atoms with Crippen LogP contribution in [0.3, 0.4) is 0 Å². The third kappa shape index (κ3) is 4.95. The van der Waals surface area contributed by atoms with Crippen LogP contribution in [0.5, 0.6) is 5.75 Å². The van der Waals surface area contributed by atoms with E-state index >= 15 is 0 Å². The molecule has 0 saturated carbocycles. The van der Waals surface area contributed by atoms with Gasteiger partial charge in [-0.05, 0) is 68.4 Å². The molecule has 2 aromatic carbocycles. The van der Waals surface area contributed by atoms with E-state index < -0.39 is 6.10 Å². The van der Waals surface area contributed by atoms with Crippen molar-refractivity contribution in [3.8, 4) is 17.1 Å². The quantitative estimate of drug-likeness (QED) is 0.553. The maximum absolute atomic E-state index is 13.0. The molecular formula is C25H29N3O3. The molecule has 1 aliphatic carbocycles. The predicted molar refractivity (Wildman–Crippen MR) is 119 cm³/mol. The first-order valence-corrected chi connectivity index (χ1v) is 11.0. The molecule has 0 saturated heterocycles. The number of hydrogen-bond donors (Lipinski definition) is 0. The Bertz CT molecular complexity index is 1060. The molecule has 1 aromatic heterocycles. The zero-order valence-electron chi connectivity index (χ0n) is 18.4. The monoisotopic (exact) mass is 419 g/mol. The molecule has 1 amide bonds. The molecule has 6 nitrogen and oxygen atoms in total. The molecule has 0 unspecified atom stereocenters. The summed E-state index contributed by atoms with van der Waals surface area (Å²) in [5.41, 5.74) is 4.76. The first-order valence-electron chi connectivity index (χ1n) is 11.0. The Morgan fingerprint density at radius 2 is 1.97 bits per heavy atom. The van der Waals surface area contributed by atoms with Gasteiger partial charge in [0.2, 0.25) is 11.7 Å². The van der Waals surface area contributed by atoms with Crippen molar-refractivity contribution in [1.29, 1.82) is 0 Å². The summed E-state index contributed by atoms with van der Waals surface area (Å²) in [6.07, 6.45) is 4.70. The van der Waals surface area contributed by atoms with E-state index in [4.69, 9.17) is 9.26 Å². The maximum atomic E-state index is 13.0. The van der Waals surface area contributed by atoms with Crippen LogP contribution in [-0.2, 0) is 24.2 Å². The minimum atomic E-state index is -0.550. The molecule has 0 bridgehead atoms. The molecule has 1 atom stereocenters. The number of ether oxygens (including phenoxy) is 1. The summed E-state index contributed by atoms with van der Waals surface area (Å²) in [4.78, 5) is 19.0. The highest BCUT2D eigenvalue weighted by atomic mass is 16.5. The molecule has 0 N–H and O–H groups in total. The molecular weight excluding hydrogens is 390 g/mol. The van der Waals surface area contributed by atoms with Crippen LogP contribution in [0.2, 0.25) is 0 Å². The second-order valence-electron chi connectivity index (χ2n) is 8.23. The van der Waals surface area contributed by atoms with E-state index in [1.54, 1.807) is 11.9 Å². The Labute approximate surface area is 183 Å². The van der Waals surface area contributed by atoms with Gasteiger partial charge in [-0.1, -0.05) is 41.9 Å². The Morgan fingerprint density at radius 1 is 1.16 bits per heavy atom. The van der Waals surface area contributed by atoms with Crippen LogP contribution in [0, 0.1) is 6.92 Å². The highest BCUT2D eigenvalue weighted by Gasteiger charge is 2.24. The molecule has 3 aromatic rings. The van der Waals surface area contributed by atoms with Crippen LogP contribution < -0.4 is 4.74 Å². The van der Waals surface area contributed by atoms with Crippen molar-refractivity contribution in [2.24, 2.45) is 0 Å². The van der Waals surface area contributed by atoms with E-state index in [9.17, 15) is 4.79 Å². The van der Waals surface area contributed by atoms with Crippen LogP contribution in [0.1, 0.15) is 48.8 Å². The lowest BCUT2D eigenvalue weighted by atomic mass is 9.92. The van der Waals surface area contributed by atoms with Crippen LogP contribution in [0.15, 0.2) is 47.0 Å². The summed E-state index contributed by atoms with van der Waals surface area (Å²) >= 11 is 0.